The molecule has 2 unspecified atom stereocenters. The van der Waals surface area contributed by atoms with Crippen LogP contribution in [0.4, 0.5) is 4.39 Å². The molecule has 2 N–H and O–H groups in total. The molecule has 0 aliphatic carbocycles. The molecule has 26 heavy (non-hydrogen) atoms. The number of nitrogens with one attached hydrogen (secondary N) is 2. The number of piperidine rings is 1. The fraction of sp³-hybridized carbons (Fsp3) is 0.474. The van der Waals surface area contributed by atoms with Crippen LogP contribution in [-0.2, 0) is 0 Å². The maximum atomic E-state index is 13.2. The molecule has 1 amide bonds. The number of nitrogens with zero attached hydrogens (tertiary/aromatic N) is 2. The highest BCUT2D eigenvalue weighted by Gasteiger charge is 2.26. The highest BCUT2D eigenvalue weighted by atomic mass is 35.5. The Balaban J connectivity index is 0.00000243. The van der Waals surface area contributed by atoms with E-state index in [0.717, 1.165) is 30.8 Å². The molecule has 1 aliphatic rings. The van der Waals surface area contributed by atoms with Gasteiger partial charge in [-0.05, 0) is 56.5 Å². The van der Waals surface area contributed by atoms with Crippen LogP contribution >= 0.6 is 12.4 Å². The Hall–Kier alpha value is -1.92. The summed E-state index contributed by atoms with van der Waals surface area (Å²) in [5.41, 5.74) is 2.16. The van der Waals surface area contributed by atoms with E-state index in [-0.39, 0.29) is 42.1 Å². The molecule has 7 heteroatoms. The fourth-order valence-corrected chi connectivity index (χ4v) is 3.36. The van der Waals surface area contributed by atoms with Gasteiger partial charge in [0.25, 0.3) is 5.91 Å². The zero-order valence-corrected chi connectivity index (χ0v) is 16.1. The SMILES string of the molecule is CC(C)c1c(C(=O)NC2CCCNC2C)cnn1-c1ccc(F)cc1.Cl. The molecule has 1 aliphatic heterocycles. The zero-order chi connectivity index (χ0) is 18.0. The van der Waals surface area contributed by atoms with Crippen molar-refractivity contribution in [3.8, 4) is 5.69 Å². The Bertz CT molecular complexity index is 744. The first kappa shape index (κ1) is 20.4. The van der Waals surface area contributed by atoms with Crippen molar-refractivity contribution < 1.29 is 9.18 Å². The van der Waals surface area contributed by atoms with Crippen LogP contribution in [0.15, 0.2) is 30.5 Å². The molecule has 142 valence electrons. The second kappa shape index (κ2) is 8.64. The second-order valence-electron chi connectivity index (χ2n) is 6.95. The third-order valence-corrected chi connectivity index (χ3v) is 4.75. The van der Waals surface area contributed by atoms with E-state index in [1.165, 1.54) is 12.1 Å². The first-order chi connectivity index (χ1) is 12.0. The molecule has 0 radical (unpaired) electrons. The van der Waals surface area contributed by atoms with Gasteiger partial charge in [-0.2, -0.15) is 5.10 Å². The molecule has 1 fully saturated rings. The van der Waals surface area contributed by atoms with Gasteiger partial charge in [-0.3, -0.25) is 4.79 Å². The van der Waals surface area contributed by atoms with Crippen molar-refractivity contribution in [3.63, 3.8) is 0 Å². The van der Waals surface area contributed by atoms with E-state index < -0.39 is 0 Å². The van der Waals surface area contributed by atoms with Crippen molar-refractivity contribution >= 4 is 18.3 Å². The predicted octanol–water partition coefficient (Wildman–Crippen LogP) is 3.43. The lowest BCUT2D eigenvalue weighted by atomic mass is 9.99. The first-order valence-corrected chi connectivity index (χ1v) is 8.85. The topological polar surface area (TPSA) is 59.0 Å². The van der Waals surface area contributed by atoms with Gasteiger partial charge in [0.1, 0.15) is 5.82 Å². The van der Waals surface area contributed by atoms with Gasteiger partial charge in [0.15, 0.2) is 0 Å². The Morgan fingerprint density at radius 1 is 1.35 bits per heavy atom. The van der Waals surface area contributed by atoms with Crippen LogP contribution in [0.3, 0.4) is 0 Å². The zero-order valence-electron chi connectivity index (χ0n) is 15.3. The molecule has 0 saturated carbocycles. The molecule has 2 heterocycles. The fourth-order valence-electron chi connectivity index (χ4n) is 3.36. The molecule has 2 atom stereocenters. The molecule has 1 saturated heterocycles. The number of carbonyl (C=O) groups is 1. The summed E-state index contributed by atoms with van der Waals surface area (Å²) in [6.07, 6.45) is 3.64. The third-order valence-electron chi connectivity index (χ3n) is 4.75. The minimum Gasteiger partial charge on any atom is -0.348 e. The van der Waals surface area contributed by atoms with Crippen LogP contribution in [0, 0.1) is 5.82 Å². The Morgan fingerprint density at radius 3 is 2.65 bits per heavy atom. The van der Waals surface area contributed by atoms with E-state index in [2.05, 4.69) is 22.7 Å². The monoisotopic (exact) mass is 380 g/mol. The van der Waals surface area contributed by atoms with E-state index in [1.807, 2.05) is 13.8 Å². The normalized spacial score (nSPS) is 19.9. The van der Waals surface area contributed by atoms with E-state index in [0.29, 0.717) is 5.56 Å². The summed E-state index contributed by atoms with van der Waals surface area (Å²) < 4.78 is 14.9. The van der Waals surface area contributed by atoms with Gasteiger partial charge in [-0.15, -0.1) is 12.4 Å². The quantitative estimate of drug-likeness (QED) is 0.854. The van der Waals surface area contributed by atoms with Gasteiger partial charge in [-0.1, -0.05) is 13.8 Å². The van der Waals surface area contributed by atoms with Gasteiger partial charge in [-0.25, -0.2) is 9.07 Å². The molecule has 1 aromatic heterocycles. The summed E-state index contributed by atoms with van der Waals surface area (Å²) >= 11 is 0. The van der Waals surface area contributed by atoms with E-state index >= 15 is 0 Å². The average Bonchev–Trinajstić information content (AvgIpc) is 3.03. The predicted molar refractivity (Wildman–Crippen MR) is 103 cm³/mol. The number of aromatic nitrogens is 2. The van der Waals surface area contributed by atoms with Crippen molar-refractivity contribution in [2.75, 3.05) is 6.54 Å². The van der Waals surface area contributed by atoms with Crippen LogP contribution in [0.25, 0.3) is 5.69 Å². The van der Waals surface area contributed by atoms with Gasteiger partial charge in [0.2, 0.25) is 0 Å². The Kier molecular flexibility index (Phi) is 6.78. The number of hydrogen-bond acceptors (Lipinski definition) is 3. The van der Waals surface area contributed by atoms with Gasteiger partial charge < -0.3 is 10.6 Å². The number of rotatable bonds is 4. The minimum absolute atomic E-state index is 0. The van der Waals surface area contributed by atoms with Crippen LogP contribution in [-0.4, -0.2) is 34.3 Å². The number of benzene rings is 1. The maximum Gasteiger partial charge on any atom is 0.255 e. The summed E-state index contributed by atoms with van der Waals surface area (Å²) in [6, 6.07) is 6.52. The van der Waals surface area contributed by atoms with Crippen molar-refractivity contribution in [1.82, 2.24) is 20.4 Å². The number of carbonyl (C=O) groups excluding carboxylic acids is 1. The minimum atomic E-state index is -0.293. The van der Waals surface area contributed by atoms with Crippen molar-refractivity contribution in [3.05, 3.63) is 47.5 Å². The number of hydrogen-bond donors (Lipinski definition) is 2. The standard InChI is InChI=1S/C19H25FN4O.ClH/c1-12(2)18-16(19(25)23-17-5-4-10-21-13(17)3)11-22-24(18)15-8-6-14(20)7-9-15;/h6-9,11-13,17,21H,4-5,10H2,1-3H3,(H,23,25);1H. The van der Waals surface area contributed by atoms with Crippen LogP contribution in [0.5, 0.6) is 0 Å². The highest BCUT2D eigenvalue weighted by molar-refractivity contribution is 5.95. The lowest BCUT2D eigenvalue weighted by Gasteiger charge is -2.30. The largest absolute Gasteiger partial charge is 0.348 e. The van der Waals surface area contributed by atoms with E-state index in [9.17, 15) is 9.18 Å². The smallest absolute Gasteiger partial charge is 0.255 e. The lowest BCUT2D eigenvalue weighted by molar-refractivity contribution is 0.0918. The van der Waals surface area contributed by atoms with Crippen molar-refractivity contribution in [2.45, 2.75) is 51.6 Å². The summed E-state index contributed by atoms with van der Waals surface area (Å²) in [5.74, 6) is -0.286. The van der Waals surface area contributed by atoms with Crippen molar-refractivity contribution in [2.24, 2.45) is 0 Å². The molecule has 0 bridgehead atoms. The van der Waals surface area contributed by atoms with Crippen LogP contribution < -0.4 is 10.6 Å². The summed E-state index contributed by atoms with van der Waals surface area (Å²) in [4.78, 5) is 12.8. The summed E-state index contributed by atoms with van der Waals surface area (Å²) in [5, 5.41) is 10.9. The molecule has 1 aromatic carbocycles. The molecular weight excluding hydrogens is 355 g/mol. The maximum absolute atomic E-state index is 13.2. The summed E-state index contributed by atoms with van der Waals surface area (Å²) in [6.45, 7) is 7.14. The van der Waals surface area contributed by atoms with Crippen LogP contribution in [0.2, 0.25) is 0 Å². The molecule has 5 nitrogen and oxygen atoms in total. The second-order valence-corrected chi connectivity index (χ2v) is 6.95. The van der Waals surface area contributed by atoms with E-state index in [4.69, 9.17) is 0 Å². The Morgan fingerprint density at radius 2 is 2.04 bits per heavy atom. The van der Waals surface area contributed by atoms with Gasteiger partial charge >= 0.3 is 0 Å². The lowest BCUT2D eigenvalue weighted by Crippen LogP contribution is -2.52. The Labute approximate surface area is 159 Å². The number of halogens is 2. The van der Waals surface area contributed by atoms with Crippen molar-refractivity contribution in [1.29, 1.82) is 0 Å². The average molecular weight is 381 g/mol. The number of amides is 1. The summed E-state index contributed by atoms with van der Waals surface area (Å²) in [7, 11) is 0. The van der Waals surface area contributed by atoms with Gasteiger partial charge in [0.05, 0.1) is 23.1 Å². The molecular formula is C19H26ClFN4O. The van der Waals surface area contributed by atoms with Gasteiger partial charge in [0, 0.05) is 12.1 Å². The molecule has 2 aromatic rings. The van der Waals surface area contributed by atoms with E-state index in [1.54, 1.807) is 23.0 Å². The van der Waals surface area contributed by atoms with Crippen LogP contribution in [0.1, 0.15) is 55.6 Å². The first-order valence-electron chi connectivity index (χ1n) is 8.85. The highest BCUT2D eigenvalue weighted by Crippen LogP contribution is 2.23. The third kappa shape index (κ3) is 4.24. The molecule has 0 spiro atoms. The molecule has 3 rings (SSSR count).